The molecule has 1 aliphatic carbocycles. The van der Waals surface area contributed by atoms with Crippen LogP contribution < -0.4 is 15.0 Å². The number of hydrogen-bond acceptors (Lipinski definition) is 9. The van der Waals surface area contributed by atoms with Crippen molar-refractivity contribution >= 4 is 33.3 Å². The maximum absolute atomic E-state index is 15.1. The molecule has 4 aliphatic heterocycles. The summed E-state index contributed by atoms with van der Waals surface area (Å²) in [5.74, 6) is 2.92. The molecule has 4 atom stereocenters. The average Bonchev–Trinajstić information content (AvgIpc) is 3.51. The first-order valence-electron chi connectivity index (χ1n) is 17.0. The summed E-state index contributed by atoms with van der Waals surface area (Å²) in [5.41, 5.74) is 3.66. The first-order valence-corrected chi connectivity index (χ1v) is 17.0. The quantitative estimate of drug-likeness (QED) is 0.248. The summed E-state index contributed by atoms with van der Waals surface area (Å²) in [6, 6.07) is 9.83. The van der Waals surface area contributed by atoms with Crippen LogP contribution in [-0.4, -0.2) is 93.0 Å². The lowest BCUT2D eigenvalue weighted by molar-refractivity contribution is 0.0176. The van der Waals surface area contributed by atoms with Crippen LogP contribution in [0.1, 0.15) is 37.7 Å². The molecule has 2 N–H and O–H groups in total. The molecule has 3 aromatic heterocycles. The molecule has 0 radical (unpaired) electrons. The number of phenolic OH excluding ortho intramolecular Hbond substituents is 1. The fourth-order valence-electron chi connectivity index (χ4n) is 8.73. The van der Waals surface area contributed by atoms with E-state index in [1.54, 1.807) is 24.4 Å². The number of rotatable bonds is 7. The number of pyridine rings is 1. The van der Waals surface area contributed by atoms with E-state index in [1.165, 1.54) is 6.07 Å². The van der Waals surface area contributed by atoms with Gasteiger partial charge in [-0.05, 0) is 67.3 Å². The van der Waals surface area contributed by atoms with E-state index in [9.17, 15) is 5.11 Å². The Hall–Kier alpha value is -4.50. The zero-order chi connectivity index (χ0) is 32.1. The van der Waals surface area contributed by atoms with E-state index >= 15 is 4.39 Å². The summed E-state index contributed by atoms with van der Waals surface area (Å²) in [6.07, 6.45) is 15.5. The fourth-order valence-corrected chi connectivity index (χ4v) is 8.73. The van der Waals surface area contributed by atoms with Gasteiger partial charge in [-0.2, -0.15) is 9.97 Å². The highest BCUT2D eigenvalue weighted by Crippen LogP contribution is 2.48. The summed E-state index contributed by atoms with van der Waals surface area (Å²) in [4.78, 5) is 19.9. The number of aromatic hydroxyl groups is 1. The SMILES string of the molecule is C#Cc1c(F)ccc2cc(O)cc(-c3cc4nc(OCC5(CN6C[C@H]7C[C@@H]6CO7)CC5)nc(N5C[C@H]6CC[C@@H](C5)N6)c4n4ccnc34)c12. The Balaban J connectivity index is 1.11. The van der Waals surface area contributed by atoms with Crippen LogP contribution in [-0.2, 0) is 4.74 Å². The van der Waals surface area contributed by atoms with Crippen molar-refractivity contribution in [1.82, 2.24) is 29.6 Å². The maximum Gasteiger partial charge on any atom is 0.319 e. The molecule has 5 fully saturated rings. The minimum atomic E-state index is -0.492. The van der Waals surface area contributed by atoms with Gasteiger partial charge in [0, 0.05) is 73.1 Å². The predicted octanol–water partition coefficient (Wildman–Crippen LogP) is 4.50. The lowest BCUT2D eigenvalue weighted by Crippen LogP contribution is -2.51. The third-order valence-corrected chi connectivity index (χ3v) is 11.3. The fraction of sp³-hybridized carbons (Fsp3) is 0.432. The molecule has 48 heavy (non-hydrogen) atoms. The van der Waals surface area contributed by atoms with Gasteiger partial charge in [-0.15, -0.1) is 6.42 Å². The van der Waals surface area contributed by atoms with E-state index in [0.29, 0.717) is 69.9 Å². The summed E-state index contributed by atoms with van der Waals surface area (Å²) < 4.78 is 29.5. The molecule has 0 spiro atoms. The predicted molar refractivity (Wildman–Crippen MR) is 180 cm³/mol. The zero-order valence-corrected chi connectivity index (χ0v) is 26.5. The number of halogens is 1. The van der Waals surface area contributed by atoms with Gasteiger partial charge in [-0.3, -0.25) is 9.30 Å². The molecule has 4 saturated heterocycles. The average molecular weight is 646 g/mol. The largest absolute Gasteiger partial charge is 0.508 e. The highest BCUT2D eigenvalue weighted by molar-refractivity contribution is 6.06. The third kappa shape index (κ3) is 4.54. The van der Waals surface area contributed by atoms with Crippen molar-refractivity contribution in [2.45, 2.75) is 56.3 Å². The Bertz CT molecular complexity index is 2160. The number of anilines is 1. The second-order valence-electron chi connectivity index (χ2n) is 14.5. The van der Waals surface area contributed by atoms with Gasteiger partial charge in [0.2, 0.25) is 0 Å². The number of ether oxygens (including phenoxy) is 2. The Morgan fingerprint density at radius 3 is 2.71 bits per heavy atom. The smallest absolute Gasteiger partial charge is 0.319 e. The summed E-state index contributed by atoms with van der Waals surface area (Å²) in [6.45, 7) is 5.09. The Morgan fingerprint density at radius 2 is 1.96 bits per heavy atom. The van der Waals surface area contributed by atoms with Crippen LogP contribution >= 0.6 is 0 Å². The van der Waals surface area contributed by atoms with Crippen LogP contribution in [0, 0.1) is 23.6 Å². The normalized spacial score (nSPS) is 25.8. The Morgan fingerprint density at radius 1 is 1.10 bits per heavy atom. The number of nitrogens with zero attached hydrogens (tertiary/aromatic N) is 6. The number of imidazole rings is 1. The van der Waals surface area contributed by atoms with Crippen molar-refractivity contribution in [2.75, 3.05) is 44.3 Å². The van der Waals surface area contributed by atoms with Gasteiger partial charge < -0.3 is 24.8 Å². The topological polar surface area (TPSA) is 100 Å². The second kappa shape index (κ2) is 10.5. The third-order valence-electron chi connectivity index (χ3n) is 11.3. The van der Waals surface area contributed by atoms with Crippen molar-refractivity contribution in [3.8, 4) is 35.2 Å². The first kappa shape index (κ1) is 28.5. The van der Waals surface area contributed by atoms with Crippen molar-refractivity contribution < 1.29 is 19.0 Å². The van der Waals surface area contributed by atoms with Gasteiger partial charge in [0.1, 0.15) is 22.7 Å². The minimum absolute atomic E-state index is 0.0492. The molecular formula is C37H36FN7O3. The number of nitrogens with one attached hydrogen (secondary N) is 1. The molecule has 1 saturated carbocycles. The number of morpholine rings is 1. The van der Waals surface area contributed by atoms with E-state index < -0.39 is 5.82 Å². The lowest BCUT2D eigenvalue weighted by atomic mass is 9.94. The van der Waals surface area contributed by atoms with Gasteiger partial charge in [-0.1, -0.05) is 12.0 Å². The van der Waals surface area contributed by atoms with E-state index in [0.717, 1.165) is 76.2 Å². The number of piperazine rings is 1. The second-order valence-corrected chi connectivity index (χ2v) is 14.5. The molecule has 4 bridgehead atoms. The number of likely N-dealkylation sites (tertiary alicyclic amines) is 1. The van der Waals surface area contributed by atoms with Gasteiger partial charge in [0.15, 0.2) is 5.82 Å². The first-order chi connectivity index (χ1) is 23.4. The van der Waals surface area contributed by atoms with Crippen molar-refractivity contribution in [3.63, 3.8) is 0 Å². The zero-order valence-electron chi connectivity index (χ0n) is 26.5. The minimum Gasteiger partial charge on any atom is -0.508 e. The van der Waals surface area contributed by atoms with Gasteiger partial charge in [-0.25, -0.2) is 9.37 Å². The monoisotopic (exact) mass is 645 g/mol. The molecule has 0 unspecified atom stereocenters. The number of aromatic nitrogens is 4. The molecule has 5 aliphatic rings. The standard InChI is InChI=1S/C37H36FN7O3/c1-2-27-30(38)6-3-21-11-25(46)13-28(32(21)27)29-14-31-33(45-10-9-39-34(29)45)35(43-15-22-4-5-23(16-43)40-22)42-36(41-31)48-20-37(7-8-37)19-44-17-26-12-24(44)18-47-26/h1,3,6,9-11,13-14,22-24,26,40,46H,4-5,7-8,12,15-20H2/t22-,23+,24-,26-/m1/s1. The van der Waals surface area contributed by atoms with E-state index in [4.69, 9.17) is 30.8 Å². The molecule has 10 rings (SSSR count). The van der Waals surface area contributed by atoms with Crippen molar-refractivity contribution in [3.05, 3.63) is 54.1 Å². The van der Waals surface area contributed by atoms with Crippen LogP contribution in [0.4, 0.5) is 10.2 Å². The lowest BCUT2D eigenvalue weighted by Gasteiger charge is -2.34. The summed E-state index contributed by atoms with van der Waals surface area (Å²) in [7, 11) is 0. The molecule has 2 aromatic carbocycles. The van der Waals surface area contributed by atoms with E-state index in [2.05, 4.69) is 21.0 Å². The highest BCUT2D eigenvalue weighted by atomic mass is 19.1. The van der Waals surface area contributed by atoms with E-state index in [1.807, 2.05) is 16.7 Å². The Labute approximate surface area is 276 Å². The van der Waals surface area contributed by atoms with Gasteiger partial charge in [0.25, 0.3) is 0 Å². The van der Waals surface area contributed by atoms with Crippen molar-refractivity contribution in [2.24, 2.45) is 5.41 Å². The molecule has 0 amide bonds. The number of hydrogen-bond donors (Lipinski definition) is 2. The van der Waals surface area contributed by atoms with Gasteiger partial charge in [0.05, 0.1) is 30.4 Å². The Kier molecular flexibility index (Phi) is 6.23. The molecule has 10 nitrogen and oxygen atoms in total. The van der Waals surface area contributed by atoms with Gasteiger partial charge >= 0.3 is 6.01 Å². The van der Waals surface area contributed by atoms with Crippen LogP contribution in [0.25, 0.3) is 38.6 Å². The van der Waals surface area contributed by atoms with E-state index in [-0.39, 0.29) is 16.7 Å². The van der Waals surface area contributed by atoms with Crippen LogP contribution in [0.2, 0.25) is 0 Å². The van der Waals surface area contributed by atoms with Crippen LogP contribution in [0.3, 0.4) is 0 Å². The van der Waals surface area contributed by atoms with Crippen molar-refractivity contribution in [1.29, 1.82) is 0 Å². The number of terminal acetylenes is 1. The van der Waals surface area contributed by atoms with Crippen LogP contribution in [0.15, 0.2) is 42.7 Å². The summed E-state index contributed by atoms with van der Waals surface area (Å²) >= 11 is 0. The van der Waals surface area contributed by atoms with Crippen LogP contribution in [0.5, 0.6) is 11.8 Å². The number of fused-ring (bicyclic) bond motifs is 8. The molecule has 7 heterocycles. The summed E-state index contributed by atoms with van der Waals surface area (Å²) in [5, 5.41) is 15.7. The number of phenols is 1. The molecule has 244 valence electrons. The molecule has 11 heteroatoms. The number of benzene rings is 2. The molecular weight excluding hydrogens is 609 g/mol. The molecule has 5 aromatic rings. The highest BCUT2D eigenvalue weighted by Gasteiger charge is 2.49. The maximum atomic E-state index is 15.1.